The first-order valence-corrected chi connectivity index (χ1v) is 12.3. The summed E-state index contributed by atoms with van der Waals surface area (Å²) in [6, 6.07) is 16.1. The standard InChI is InChI=1S/C29H38O3/c1-23(16-17-24-11-5-3-6-12-24)10-4-2-7-13-26(30)20-18-25-19-21-28(31)29(22-25)32-27-14-8-9-15-27/h3,5-7,11-13,19,21-23,27,31H,2,4,8-10,14-18,20H2,1H3/b13-7+/t23-/m1/s1. The highest BCUT2D eigenvalue weighted by atomic mass is 16.5. The summed E-state index contributed by atoms with van der Waals surface area (Å²) in [4.78, 5) is 12.2. The number of phenols is 1. The van der Waals surface area contributed by atoms with Crippen LogP contribution in [0.3, 0.4) is 0 Å². The maximum atomic E-state index is 12.2. The second-order valence-corrected chi connectivity index (χ2v) is 9.26. The van der Waals surface area contributed by atoms with Crippen LogP contribution in [0.1, 0.15) is 75.8 Å². The van der Waals surface area contributed by atoms with Crippen LogP contribution in [0.4, 0.5) is 0 Å². The van der Waals surface area contributed by atoms with Crippen molar-refractivity contribution in [2.75, 3.05) is 0 Å². The predicted molar refractivity (Wildman–Crippen MR) is 131 cm³/mol. The van der Waals surface area contributed by atoms with Crippen LogP contribution >= 0.6 is 0 Å². The number of ether oxygens (including phenoxy) is 1. The van der Waals surface area contributed by atoms with E-state index in [1.807, 2.05) is 18.2 Å². The summed E-state index contributed by atoms with van der Waals surface area (Å²) in [6.45, 7) is 2.32. The fourth-order valence-electron chi connectivity index (χ4n) is 4.35. The van der Waals surface area contributed by atoms with E-state index in [1.165, 1.54) is 31.2 Å². The van der Waals surface area contributed by atoms with E-state index < -0.39 is 0 Å². The number of aryl methyl sites for hydroxylation is 2. The lowest BCUT2D eigenvalue weighted by molar-refractivity contribution is -0.114. The van der Waals surface area contributed by atoms with Gasteiger partial charge >= 0.3 is 0 Å². The fourth-order valence-corrected chi connectivity index (χ4v) is 4.35. The molecule has 3 rings (SSSR count). The van der Waals surface area contributed by atoms with Gasteiger partial charge in [-0.3, -0.25) is 4.79 Å². The third-order valence-corrected chi connectivity index (χ3v) is 6.42. The molecular formula is C29H38O3. The summed E-state index contributed by atoms with van der Waals surface area (Å²) < 4.78 is 5.96. The van der Waals surface area contributed by atoms with Gasteiger partial charge in [-0.1, -0.05) is 55.8 Å². The Bertz CT molecular complexity index is 850. The van der Waals surface area contributed by atoms with Crippen LogP contribution in [0.25, 0.3) is 0 Å². The molecule has 3 heteroatoms. The molecule has 0 bridgehead atoms. The van der Waals surface area contributed by atoms with Crippen molar-refractivity contribution in [2.24, 2.45) is 5.92 Å². The molecule has 2 aromatic rings. The van der Waals surface area contributed by atoms with E-state index in [9.17, 15) is 9.90 Å². The Hall–Kier alpha value is -2.55. The number of hydrogen-bond donors (Lipinski definition) is 1. The molecule has 0 radical (unpaired) electrons. The van der Waals surface area contributed by atoms with Gasteiger partial charge in [0.25, 0.3) is 0 Å². The molecule has 0 heterocycles. The minimum absolute atomic E-state index is 0.161. The molecule has 0 spiro atoms. The minimum atomic E-state index is 0.161. The van der Waals surface area contributed by atoms with Crippen LogP contribution in [0, 0.1) is 5.92 Å². The molecule has 1 N–H and O–H groups in total. The molecule has 172 valence electrons. The van der Waals surface area contributed by atoms with Crippen LogP contribution in [-0.4, -0.2) is 17.0 Å². The van der Waals surface area contributed by atoms with Crippen molar-refractivity contribution in [3.63, 3.8) is 0 Å². The monoisotopic (exact) mass is 434 g/mol. The largest absolute Gasteiger partial charge is 0.504 e. The molecule has 1 aliphatic rings. The summed E-state index contributed by atoms with van der Waals surface area (Å²) in [5.41, 5.74) is 2.44. The van der Waals surface area contributed by atoms with E-state index in [4.69, 9.17) is 4.74 Å². The zero-order valence-electron chi connectivity index (χ0n) is 19.5. The number of ketones is 1. The number of carbonyl (C=O) groups is 1. The summed E-state index contributed by atoms with van der Waals surface area (Å²) in [7, 11) is 0. The smallest absolute Gasteiger partial charge is 0.161 e. The van der Waals surface area contributed by atoms with Crippen LogP contribution in [-0.2, 0) is 17.6 Å². The van der Waals surface area contributed by atoms with Gasteiger partial charge in [0.15, 0.2) is 17.3 Å². The van der Waals surface area contributed by atoms with Crippen molar-refractivity contribution < 1.29 is 14.6 Å². The summed E-state index contributed by atoms with van der Waals surface area (Å²) in [6.07, 6.45) is 15.3. The molecule has 1 atom stereocenters. The average Bonchev–Trinajstić information content (AvgIpc) is 3.32. The second-order valence-electron chi connectivity index (χ2n) is 9.26. The van der Waals surface area contributed by atoms with Gasteiger partial charge in [-0.15, -0.1) is 0 Å². The van der Waals surface area contributed by atoms with E-state index >= 15 is 0 Å². The number of benzene rings is 2. The Labute approximate surface area is 193 Å². The molecular weight excluding hydrogens is 396 g/mol. The second kappa shape index (κ2) is 13.1. The van der Waals surface area contributed by atoms with Crippen molar-refractivity contribution in [1.29, 1.82) is 0 Å². The van der Waals surface area contributed by atoms with Gasteiger partial charge in [-0.25, -0.2) is 0 Å². The van der Waals surface area contributed by atoms with Crippen molar-refractivity contribution in [3.05, 3.63) is 71.8 Å². The molecule has 1 fully saturated rings. The highest BCUT2D eigenvalue weighted by Crippen LogP contribution is 2.32. The molecule has 0 aliphatic heterocycles. The number of unbranched alkanes of at least 4 members (excludes halogenated alkanes) is 1. The van der Waals surface area contributed by atoms with Gasteiger partial charge in [0, 0.05) is 6.42 Å². The first kappa shape index (κ1) is 24.1. The van der Waals surface area contributed by atoms with Crippen LogP contribution < -0.4 is 4.74 Å². The topological polar surface area (TPSA) is 46.5 Å². The summed E-state index contributed by atoms with van der Waals surface area (Å²) in [5, 5.41) is 10.1. The van der Waals surface area contributed by atoms with Gasteiger partial charge in [0.1, 0.15) is 0 Å². The highest BCUT2D eigenvalue weighted by molar-refractivity contribution is 5.89. The lowest BCUT2D eigenvalue weighted by Crippen LogP contribution is -2.11. The fraction of sp³-hybridized carbons (Fsp3) is 0.483. The van der Waals surface area contributed by atoms with Crippen LogP contribution in [0.15, 0.2) is 60.7 Å². The quantitative estimate of drug-likeness (QED) is 0.268. The summed E-state index contributed by atoms with van der Waals surface area (Å²) >= 11 is 0. The third-order valence-electron chi connectivity index (χ3n) is 6.42. The summed E-state index contributed by atoms with van der Waals surface area (Å²) in [5.74, 6) is 1.60. The first-order valence-electron chi connectivity index (χ1n) is 12.3. The van der Waals surface area contributed by atoms with Gasteiger partial charge in [0.2, 0.25) is 0 Å². The molecule has 1 saturated carbocycles. The zero-order valence-corrected chi connectivity index (χ0v) is 19.5. The van der Waals surface area contributed by atoms with Gasteiger partial charge in [0.05, 0.1) is 6.10 Å². The Morgan fingerprint density at radius 3 is 2.62 bits per heavy atom. The lowest BCUT2D eigenvalue weighted by atomic mass is 9.96. The normalized spacial score (nSPS) is 15.3. The molecule has 0 unspecified atom stereocenters. The number of rotatable bonds is 13. The number of carbonyl (C=O) groups excluding carboxylic acids is 1. The van der Waals surface area contributed by atoms with Crippen molar-refractivity contribution in [1.82, 2.24) is 0 Å². The molecule has 2 aromatic carbocycles. The Morgan fingerprint density at radius 1 is 1.06 bits per heavy atom. The highest BCUT2D eigenvalue weighted by Gasteiger charge is 2.18. The van der Waals surface area contributed by atoms with Gasteiger partial charge < -0.3 is 9.84 Å². The molecule has 0 aromatic heterocycles. The Morgan fingerprint density at radius 2 is 1.84 bits per heavy atom. The van der Waals surface area contributed by atoms with E-state index in [2.05, 4.69) is 37.3 Å². The maximum absolute atomic E-state index is 12.2. The van der Waals surface area contributed by atoms with E-state index in [1.54, 1.807) is 12.1 Å². The Kier molecular flexibility index (Phi) is 9.87. The van der Waals surface area contributed by atoms with Crippen molar-refractivity contribution in [3.8, 4) is 11.5 Å². The molecule has 0 saturated heterocycles. The van der Waals surface area contributed by atoms with Crippen molar-refractivity contribution >= 4 is 5.78 Å². The molecule has 3 nitrogen and oxygen atoms in total. The van der Waals surface area contributed by atoms with Crippen LogP contribution in [0.5, 0.6) is 11.5 Å². The third kappa shape index (κ3) is 8.53. The van der Waals surface area contributed by atoms with E-state index in [0.717, 1.165) is 37.7 Å². The molecule has 0 amide bonds. The first-order chi connectivity index (χ1) is 15.6. The molecule has 1 aliphatic carbocycles. The number of hydrogen-bond acceptors (Lipinski definition) is 3. The number of allylic oxidation sites excluding steroid dienone is 2. The van der Waals surface area contributed by atoms with Crippen LogP contribution in [0.2, 0.25) is 0 Å². The maximum Gasteiger partial charge on any atom is 0.161 e. The SMILES string of the molecule is C[C@H](CCC/C=C/C(=O)CCc1ccc(O)c(OC2CCCC2)c1)CCc1ccccc1. The Balaban J connectivity index is 1.31. The zero-order chi connectivity index (χ0) is 22.6. The van der Waals surface area contributed by atoms with Crippen molar-refractivity contribution in [2.45, 2.75) is 83.7 Å². The molecule has 32 heavy (non-hydrogen) atoms. The number of aromatic hydroxyl groups is 1. The lowest BCUT2D eigenvalue weighted by Gasteiger charge is -2.15. The van der Waals surface area contributed by atoms with Gasteiger partial charge in [-0.05, 0) is 93.0 Å². The number of phenolic OH excluding ortho intramolecular Hbond substituents is 1. The average molecular weight is 435 g/mol. The van der Waals surface area contributed by atoms with E-state index in [-0.39, 0.29) is 17.6 Å². The van der Waals surface area contributed by atoms with E-state index in [0.29, 0.717) is 24.5 Å². The minimum Gasteiger partial charge on any atom is -0.504 e. The predicted octanol–water partition coefficient (Wildman–Crippen LogP) is 7.21. The van der Waals surface area contributed by atoms with Gasteiger partial charge in [-0.2, -0.15) is 0 Å².